The first-order valence-electron chi connectivity index (χ1n) is 7.00. The van der Waals surface area contributed by atoms with Crippen LogP contribution >= 0.6 is 0 Å². The van der Waals surface area contributed by atoms with Gasteiger partial charge in [0.1, 0.15) is 12.1 Å². The highest BCUT2D eigenvalue weighted by Crippen LogP contribution is 2.33. The Morgan fingerprint density at radius 2 is 2.04 bits per heavy atom. The summed E-state index contributed by atoms with van der Waals surface area (Å²) in [5.41, 5.74) is 0.750. The summed E-state index contributed by atoms with van der Waals surface area (Å²) in [4.78, 5) is 27.8. The van der Waals surface area contributed by atoms with Crippen LogP contribution in [0.1, 0.15) is 10.6 Å². The lowest BCUT2D eigenvalue weighted by atomic mass is 10.1. The number of nitrogens with zero attached hydrogens (tertiary/aromatic N) is 2. The Morgan fingerprint density at radius 3 is 2.74 bits per heavy atom. The van der Waals surface area contributed by atoms with Crippen molar-refractivity contribution in [2.24, 2.45) is 0 Å². The number of likely N-dealkylation sites (N-methyl/N-ethyl adjacent to an activating group) is 1. The zero-order valence-corrected chi connectivity index (χ0v) is 12.7. The SMILES string of the molecule is COc1coc(C(=O)N2CCN(C)c3cc(F)ccc32)cc1=O. The Bertz CT molecular complexity index is 818. The lowest BCUT2D eigenvalue weighted by Crippen LogP contribution is -2.43. The summed E-state index contributed by atoms with van der Waals surface area (Å²) in [6.45, 7) is 0.951. The molecule has 1 aliphatic rings. The molecular weight excluding hydrogens is 303 g/mol. The molecule has 0 aliphatic carbocycles. The number of hydrogen-bond acceptors (Lipinski definition) is 5. The summed E-state index contributed by atoms with van der Waals surface area (Å²) in [6, 6.07) is 5.31. The number of fused-ring (bicyclic) bond motifs is 1. The van der Waals surface area contributed by atoms with Crippen molar-refractivity contribution in [3.63, 3.8) is 0 Å². The Labute approximate surface area is 131 Å². The Morgan fingerprint density at radius 1 is 1.26 bits per heavy atom. The van der Waals surface area contributed by atoms with E-state index in [2.05, 4.69) is 0 Å². The summed E-state index contributed by atoms with van der Waals surface area (Å²) in [7, 11) is 3.17. The number of anilines is 2. The van der Waals surface area contributed by atoms with E-state index in [0.717, 1.165) is 12.3 Å². The summed E-state index contributed by atoms with van der Waals surface area (Å²) in [5.74, 6) is -0.885. The number of carbonyl (C=O) groups is 1. The predicted octanol–water partition coefficient (Wildman–Crippen LogP) is 1.88. The van der Waals surface area contributed by atoms with Gasteiger partial charge in [-0.3, -0.25) is 9.59 Å². The molecule has 0 atom stereocenters. The van der Waals surface area contributed by atoms with Gasteiger partial charge in [0, 0.05) is 26.2 Å². The third-order valence-corrected chi connectivity index (χ3v) is 3.77. The van der Waals surface area contributed by atoms with Gasteiger partial charge >= 0.3 is 0 Å². The van der Waals surface area contributed by atoms with E-state index in [-0.39, 0.29) is 17.3 Å². The molecule has 0 bridgehead atoms. The highest BCUT2D eigenvalue weighted by Gasteiger charge is 2.28. The smallest absolute Gasteiger partial charge is 0.294 e. The molecule has 0 radical (unpaired) electrons. The minimum absolute atomic E-state index is 0.0300. The standard InChI is InChI=1S/C16H15FN2O4/c1-18-5-6-19(11-4-3-10(17)7-12(11)18)16(21)14-8-13(20)15(22-2)9-23-14/h3-4,7-9H,5-6H2,1-2H3. The van der Waals surface area contributed by atoms with Gasteiger partial charge in [-0.15, -0.1) is 0 Å². The number of benzene rings is 1. The van der Waals surface area contributed by atoms with Gasteiger partial charge in [0.15, 0.2) is 5.76 Å². The molecule has 0 N–H and O–H groups in total. The van der Waals surface area contributed by atoms with E-state index < -0.39 is 11.3 Å². The van der Waals surface area contributed by atoms with E-state index in [0.29, 0.717) is 24.5 Å². The number of ether oxygens (including phenoxy) is 1. The molecule has 1 aromatic carbocycles. The maximum atomic E-state index is 13.5. The number of carbonyl (C=O) groups excluding carboxylic acids is 1. The van der Waals surface area contributed by atoms with E-state index in [4.69, 9.17) is 9.15 Å². The number of methoxy groups -OCH3 is 1. The maximum Gasteiger partial charge on any atom is 0.294 e. The van der Waals surface area contributed by atoms with Crippen molar-refractivity contribution >= 4 is 17.3 Å². The third kappa shape index (κ3) is 2.65. The molecule has 1 aliphatic heterocycles. The minimum atomic E-state index is -0.453. The van der Waals surface area contributed by atoms with Crippen LogP contribution in [0.4, 0.5) is 15.8 Å². The summed E-state index contributed by atoms with van der Waals surface area (Å²) >= 11 is 0. The highest BCUT2D eigenvalue weighted by molar-refractivity contribution is 6.06. The summed E-state index contributed by atoms with van der Waals surface area (Å²) in [5, 5.41) is 0. The minimum Gasteiger partial charge on any atom is -0.490 e. The van der Waals surface area contributed by atoms with Gasteiger partial charge in [0.25, 0.3) is 5.91 Å². The number of amides is 1. The van der Waals surface area contributed by atoms with Crippen LogP contribution < -0.4 is 20.0 Å². The fourth-order valence-electron chi connectivity index (χ4n) is 2.53. The van der Waals surface area contributed by atoms with Crippen molar-refractivity contribution in [2.45, 2.75) is 0 Å². The molecule has 0 fully saturated rings. The molecule has 0 unspecified atom stereocenters. The van der Waals surface area contributed by atoms with E-state index in [1.54, 1.807) is 6.07 Å². The average molecular weight is 318 g/mol. The normalized spacial score (nSPS) is 13.7. The van der Waals surface area contributed by atoms with E-state index in [9.17, 15) is 14.0 Å². The van der Waals surface area contributed by atoms with Crippen LogP contribution in [0.15, 0.2) is 39.7 Å². The molecule has 7 heteroatoms. The Kier molecular flexibility index (Phi) is 3.77. The maximum absolute atomic E-state index is 13.5. The quantitative estimate of drug-likeness (QED) is 0.846. The predicted molar refractivity (Wildman–Crippen MR) is 82.9 cm³/mol. The largest absolute Gasteiger partial charge is 0.490 e. The highest BCUT2D eigenvalue weighted by atomic mass is 19.1. The van der Waals surface area contributed by atoms with E-state index in [1.807, 2.05) is 11.9 Å². The summed E-state index contributed by atoms with van der Waals surface area (Å²) in [6.07, 6.45) is 1.11. The molecule has 0 saturated carbocycles. The molecule has 2 aromatic rings. The zero-order chi connectivity index (χ0) is 16.6. The molecule has 6 nitrogen and oxygen atoms in total. The second-order valence-electron chi connectivity index (χ2n) is 5.19. The van der Waals surface area contributed by atoms with E-state index >= 15 is 0 Å². The van der Waals surface area contributed by atoms with Crippen molar-refractivity contribution in [1.82, 2.24) is 0 Å². The van der Waals surface area contributed by atoms with Gasteiger partial charge in [0.05, 0.1) is 18.5 Å². The fourth-order valence-corrected chi connectivity index (χ4v) is 2.53. The van der Waals surface area contributed by atoms with Crippen molar-refractivity contribution in [1.29, 1.82) is 0 Å². The summed E-state index contributed by atoms with van der Waals surface area (Å²) < 4.78 is 23.5. The molecular formula is C16H15FN2O4. The molecule has 3 rings (SSSR count). The van der Waals surface area contributed by atoms with Crippen molar-refractivity contribution in [3.8, 4) is 5.75 Å². The molecule has 0 saturated heterocycles. The van der Waals surface area contributed by atoms with Crippen LogP contribution in [0.5, 0.6) is 5.75 Å². The molecule has 1 amide bonds. The van der Waals surface area contributed by atoms with Crippen molar-refractivity contribution in [3.05, 3.63) is 52.3 Å². The first-order valence-corrected chi connectivity index (χ1v) is 7.00. The second-order valence-corrected chi connectivity index (χ2v) is 5.19. The number of hydrogen-bond donors (Lipinski definition) is 0. The lowest BCUT2D eigenvalue weighted by molar-refractivity contribution is 0.0957. The van der Waals surface area contributed by atoms with Crippen LogP contribution in [-0.4, -0.2) is 33.2 Å². The zero-order valence-electron chi connectivity index (χ0n) is 12.7. The van der Waals surface area contributed by atoms with Crippen LogP contribution in [0.2, 0.25) is 0 Å². The first kappa shape index (κ1) is 15.1. The Balaban J connectivity index is 1.99. The van der Waals surface area contributed by atoms with Gasteiger partial charge in [-0.1, -0.05) is 0 Å². The van der Waals surface area contributed by atoms with Crippen molar-refractivity contribution < 1.29 is 18.3 Å². The lowest BCUT2D eigenvalue weighted by Gasteiger charge is -2.35. The van der Waals surface area contributed by atoms with Crippen LogP contribution in [0.3, 0.4) is 0 Å². The van der Waals surface area contributed by atoms with Crippen LogP contribution in [0, 0.1) is 5.82 Å². The molecule has 23 heavy (non-hydrogen) atoms. The van der Waals surface area contributed by atoms with Crippen LogP contribution in [-0.2, 0) is 0 Å². The molecule has 120 valence electrons. The molecule has 2 heterocycles. The Hall–Kier alpha value is -2.83. The van der Waals surface area contributed by atoms with Gasteiger partial charge < -0.3 is 19.0 Å². The van der Waals surface area contributed by atoms with Crippen molar-refractivity contribution in [2.75, 3.05) is 37.0 Å². The van der Waals surface area contributed by atoms with Gasteiger partial charge in [0.2, 0.25) is 11.2 Å². The fraction of sp³-hybridized carbons (Fsp3) is 0.250. The van der Waals surface area contributed by atoms with Crippen LogP contribution in [0.25, 0.3) is 0 Å². The first-order chi connectivity index (χ1) is 11.0. The van der Waals surface area contributed by atoms with Gasteiger partial charge in [-0.05, 0) is 18.2 Å². The molecule has 0 spiro atoms. The number of rotatable bonds is 2. The molecule has 1 aromatic heterocycles. The second kappa shape index (κ2) is 5.75. The van der Waals surface area contributed by atoms with Gasteiger partial charge in [-0.2, -0.15) is 0 Å². The van der Waals surface area contributed by atoms with Gasteiger partial charge in [-0.25, -0.2) is 4.39 Å². The van der Waals surface area contributed by atoms with E-state index in [1.165, 1.54) is 24.1 Å². The third-order valence-electron chi connectivity index (χ3n) is 3.77. The topological polar surface area (TPSA) is 63.0 Å². The average Bonchev–Trinajstić information content (AvgIpc) is 2.55. The number of halogens is 1. The monoisotopic (exact) mass is 318 g/mol.